The van der Waals surface area contributed by atoms with Crippen molar-refractivity contribution >= 4 is 5.91 Å². The summed E-state index contributed by atoms with van der Waals surface area (Å²) in [6, 6.07) is 6.37. The minimum Gasteiger partial charge on any atom is -0.475 e. The van der Waals surface area contributed by atoms with E-state index in [0.717, 1.165) is 17.0 Å². The van der Waals surface area contributed by atoms with E-state index in [2.05, 4.69) is 15.2 Å². The van der Waals surface area contributed by atoms with Gasteiger partial charge in [0.25, 0.3) is 11.8 Å². The van der Waals surface area contributed by atoms with E-state index in [1.807, 2.05) is 0 Å². The summed E-state index contributed by atoms with van der Waals surface area (Å²) in [6.07, 6.45) is -1.77. The van der Waals surface area contributed by atoms with Crippen LogP contribution in [0.1, 0.15) is 22.3 Å². The number of halogens is 5. The SMILES string of the molecule is O=C(c1ccccc1-n1nccn1)N1CCC(F)(F)C1COc1ccc(C(F)(F)F)cn1. The zero-order chi connectivity index (χ0) is 22.9. The van der Waals surface area contributed by atoms with Crippen molar-refractivity contribution in [3.8, 4) is 11.6 Å². The van der Waals surface area contributed by atoms with Crippen LogP contribution < -0.4 is 4.74 Å². The van der Waals surface area contributed by atoms with Crippen molar-refractivity contribution in [1.29, 1.82) is 0 Å². The monoisotopic (exact) mass is 453 g/mol. The Morgan fingerprint density at radius 2 is 1.84 bits per heavy atom. The lowest BCUT2D eigenvalue weighted by atomic mass is 10.1. The molecule has 0 bridgehead atoms. The largest absolute Gasteiger partial charge is 0.475 e. The summed E-state index contributed by atoms with van der Waals surface area (Å²) in [5, 5.41) is 7.96. The number of ether oxygens (including phenoxy) is 1. The molecule has 1 amide bonds. The minimum atomic E-state index is -4.58. The maximum absolute atomic E-state index is 14.6. The summed E-state index contributed by atoms with van der Waals surface area (Å²) >= 11 is 0. The highest BCUT2D eigenvalue weighted by molar-refractivity contribution is 5.98. The number of nitrogens with zero attached hydrogens (tertiary/aromatic N) is 5. The third-order valence-electron chi connectivity index (χ3n) is 5.03. The fraction of sp³-hybridized carbons (Fsp3) is 0.300. The molecule has 2 aromatic heterocycles. The Morgan fingerprint density at radius 1 is 1.12 bits per heavy atom. The van der Waals surface area contributed by atoms with Gasteiger partial charge in [0.1, 0.15) is 12.6 Å². The fourth-order valence-electron chi connectivity index (χ4n) is 3.40. The number of carbonyl (C=O) groups excluding carboxylic acids is 1. The number of pyridine rings is 1. The number of likely N-dealkylation sites (tertiary alicyclic amines) is 1. The third-order valence-corrected chi connectivity index (χ3v) is 5.03. The van der Waals surface area contributed by atoms with Crippen LogP contribution in [-0.4, -0.2) is 55.9 Å². The smallest absolute Gasteiger partial charge is 0.417 e. The van der Waals surface area contributed by atoms with E-state index in [0.29, 0.717) is 11.9 Å². The number of carbonyl (C=O) groups is 1. The Kier molecular flexibility index (Phi) is 5.53. The molecule has 1 aliphatic heterocycles. The first-order valence-electron chi connectivity index (χ1n) is 9.47. The van der Waals surface area contributed by atoms with Crippen molar-refractivity contribution < 1.29 is 31.5 Å². The number of para-hydroxylation sites is 1. The van der Waals surface area contributed by atoms with Gasteiger partial charge in [0, 0.05) is 25.2 Å². The molecule has 3 heterocycles. The van der Waals surface area contributed by atoms with Crippen molar-refractivity contribution in [2.75, 3.05) is 13.2 Å². The lowest BCUT2D eigenvalue weighted by Gasteiger charge is -2.28. The number of hydrogen-bond acceptors (Lipinski definition) is 5. The Morgan fingerprint density at radius 3 is 2.50 bits per heavy atom. The summed E-state index contributed by atoms with van der Waals surface area (Å²) in [4.78, 5) is 18.9. The molecule has 0 N–H and O–H groups in total. The molecule has 32 heavy (non-hydrogen) atoms. The molecular weight excluding hydrogens is 437 g/mol. The van der Waals surface area contributed by atoms with Gasteiger partial charge in [-0.2, -0.15) is 28.2 Å². The molecule has 1 fully saturated rings. The Bertz CT molecular complexity index is 1090. The van der Waals surface area contributed by atoms with Crippen LogP contribution in [0.4, 0.5) is 22.0 Å². The molecule has 0 aliphatic carbocycles. The molecule has 12 heteroatoms. The first-order valence-corrected chi connectivity index (χ1v) is 9.47. The predicted octanol–water partition coefficient (Wildman–Crippen LogP) is 3.61. The standard InChI is InChI=1S/C20H16F5N5O2/c21-19(22)7-10-29(16(19)12-32-17-6-5-13(11-26-17)20(23,24)25)18(31)14-3-1-2-4-15(14)30-27-8-9-28-30/h1-6,8-9,11,16H,7,10,12H2. The zero-order valence-electron chi connectivity index (χ0n) is 16.3. The molecule has 3 aromatic rings. The summed E-state index contributed by atoms with van der Waals surface area (Å²) in [5.74, 6) is -4.17. The van der Waals surface area contributed by atoms with Gasteiger partial charge in [-0.25, -0.2) is 13.8 Å². The van der Waals surface area contributed by atoms with Crippen molar-refractivity contribution in [1.82, 2.24) is 24.9 Å². The topological polar surface area (TPSA) is 73.1 Å². The van der Waals surface area contributed by atoms with Gasteiger partial charge in [0.2, 0.25) is 5.88 Å². The van der Waals surface area contributed by atoms with Gasteiger partial charge in [-0.05, 0) is 18.2 Å². The molecular formula is C20H16F5N5O2. The fourth-order valence-corrected chi connectivity index (χ4v) is 3.40. The molecule has 1 aliphatic rings. The van der Waals surface area contributed by atoms with Crippen LogP contribution in [0, 0.1) is 0 Å². The number of rotatable bonds is 5. The molecule has 168 valence electrons. The van der Waals surface area contributed by atoms with Gasteiger partial charge in [-0.15, -0.1) is 0 Å². The van der Waals surface area contributed by atoms with Crippen molar-refractivity contribution in [3.05, 3.63) is 66.1 Å². The average molecular weight is 453 g/mol. The van der Waals surface area contributed by atoms with E-state index in [9.17, 15) is 26.7 Å². The molecule has 0 radical (unpaired) electrons. The molecule has 1 unspecified atom stereocenters. The van der Waals surface area contributed by atoms with Gasteiger partial charge < -0.3 is 9.64 Å². The molecule has 4 rings (SSSR count). The number of amides is 1. The lowest BCUT2D eigenvalue weighted by Crippen LogP contribution is -2.46. The van der Waals surface area contributed by atoms with E-state index in [4.69, 9.17) is 4.74 Å². The predicted molar refractivity (Wildman–Crippen MR) is 100 cm³/mol. The summed E-state index contributed by atoms with van der Waals surface area (Å²) in [5.41, 5.74) is -0.544. The second-order valence-electron chi connectivity index (χ2n) is 7.05. The molecule has 1 saturated heterocycles. The second-order valence-corrected chi connectivity index (χ2v) is 7.05. The Balaban J connectivity index is 1.54. The van der Waals surface area contributed by atoms with E-state index in [1.54, 1.807) is 18.2 Å². The third kappa shape index (κ3) is 4.25. The van der Waals surface area contributed by atoms with Gasteiger partial charge in [-0.1, -0.05) is 12.1 Å². The minimum absolute atomic E-state index is 0.124. The molecule has 1 aromatic carbocycles. The highest BCUT2D eigenvalue weighted by Crippen LogP contribution is 2.36. The van der Waals surface area contributed by atoms with Gasteiger partial charge in [0.05, 0.1) is 29.2 Å². The molecule has 1 atom stereocenters. The summed E-state index contributed by atoms with van der Waals surface area (Å²) < 4.78 is 72.3. The van der Waals surface area contributed by atoms with Crippen LogP contribution in [0.25, 0.3) is 5.69 Å². The van der Waals surface area contributed by atoms with Gasteiger partial charge in [0.15, 0.2) is 0 Å². The normalized spacial score (nSPS) is 18.0. The number of alkyl halides is 5. The van der Waals surface area contributed by atoms with E-state index in [1.165, 1.54) is 23.3 Å². The number of hydrogen-bond donors (Lipinski definition) is 0. The van der Waals surface area contributed by atoms with E-state index < -0.39 is 42.6 Å². The maximum Gasteiger partial charge on any atom is 0.417 e. The van der Waals surface area contributed by atoms with Crippen molar-refractivity contribution in [3.63, 3.8) is 0 Å². The Hall–Kier alpha value is -3.57. The first-order chi connectivity index (χ1) is 15.2. The molecule has 0 saturated carbocycles. The molecule has 7 nitrogen and oxygen atoms in total. The number of benzene rings is 1. The van der Waals surface area contributed by atoms with Crippen LogP contribution >= 0.6 is 0 Å². The first kappa shape index (κ1) is 21.7. The quantitative estimate of drug-likeness (QED) is 0.552. The Labute approximate surface area is 178 Å². The van der Waals surface area contributed by atoms with E-state index in [-0.39, 0.29) is 18.0 Å². The molecule has 0 spiro atoms. The van der Waals surface area contributed by atoms with Crippen LogP contribution in [0.2, 0.25) is 0 Å². The van der Waals surface area contributed by atoms with Crippen LogP contribution in [0.15, 0.2) is 55.0 Å². The lowest BCUT2D eigenvalue weighted by molar-refractivity contribution is -0.137. The highest BCUT2D eigenvalue weighted by atomic mass is 19.4. The van der Waals surface area contributed by atoms with Gasteiger partial charge >= 0.3 is 6.18 Å². The van der Waals surface area contributed by atoms with Gasteiger partial charge in [-0.3, -0.25) is 4.79 Å². The maximum atomic E-state index is 14.6. The highest BCUT2D eigenvalue weighted by Gasteiger charge is 2.51. The van der Waals surface area contributed by atoms with Crippen LogP contribution in [-0.2, 0) is 6.18 Å². The number of aromatic nitrogens is 4. The van der Waals surface area contributed by atoms with Crippen molar-refractivity contribution in [2.45, 2.75) is 24.6 Å². The zero-order valence-corrected chi connectivity index (χ0v) is 16.3. The second kappa shape index (κ2) is 8.17. The van der Waals surface area contributed by atoms with Crippen LogP contribution in [0.5, 0.6) is 5.88 Å². The van der Waals surface area contributed by atoms with E-state index >= 15 is 0 Å². The summed E-state index contributed by atoms with van der Waals surface area (Å²) in [6.45, 7) is -0.861. The summed E-state index contributed by atoms with van der Waals surface area (Å²) in [7, 11) is 0. The average Bonchev–Trinajstić information content (AvgIpc) is 3.39. The van der Waals surface area contributed by atoms with Crippen molar-refractivity contribution in [2.24, 2.45) is 0 Å². The van der Waals surface area contributed by atoms with Crippen LogP contribution in [0.3, 0.4) is 0 Å².